The number of piperazine rings is 1. The van der Waals surface area contributed by atoms with Crippen LogP contribution in [-0.4, -0.2) is 35.3 Å². The first-order chi connectivity index (χ1) is 8.11. The number of carbonyl (C=O) groups excluding carboxylic acids is 2. The quantitative estimate of drug-likeness (QED) is 0.788. The molecule has 2 atom stereocenters. The molecule has 1 aliphatic carbocycles. The first kappa shape index (κ1) is 12.4. The minimum Gasteiger partial charge on any atom is -0.345 e. The summed E-state index contributed by atoms with van der Waals surface area (Å²) in [6.07, 6.45) is 6.22. The second kappa shape index (κ2) is 5.07. The van der Waals surface area contributed by atoms with Gasteiger partial charge in [0.2, 0.25) is 11.8 Å². The minimum absolute atomic E-state index is 0.0211. The molecule has 1 heterocycles. The van der Waals surface area contributed by atoms with Gasteiger partial charge in [-0.15, -0.1) is 0 Å². The third kappa shape index (κ3) is 2.45. The Kier molecular flexibility index (Phi) is 3.69. The second-order valence-corrected chi connectivity index (χ2v) is 5.33. The van der Waals surface area contributed by atoms with E-state index in [9.17, 15) is 9.59 Å². The zero-order chi connectivity index (χ0) is 12.4. The van der Waals surface area contributed by atoms with Gasteiger partial charge in [-0.3, -0.25) is 9.59 Å². The highest BCUT2D eigenvalue weighted by Gasteiger charge is 2.37. The highest BCUT2D eigenvalue weighted by atomic mass is 16.2. The Bertz CT molecular complexity index is 311. The van der Waals surface area contributed by atoms with Crippen molar-refractivity contribution in [1.29, 1.82) is 0 Å². The SMILES string of the molecule is CC1C(=O)NCC(=O)N1C(C)C1CCCCC1. The van der Waals surface area contributed by atoms with Gasteiger partial charge in [0.25, 0.3) is 0 Å². The summed E-state index contributed by atoms with van der Waals surface area (Å²) in [5, 5.41) is 2.64. The molecule has 2 aliphatic rings. The maximum Gasteiger partial charge on any atom is 0.242 e. The third-order valence-corrected chi connectivity index (χ3v) is 4.27. The molecule has 4 heteroatoms. The molecule has 0 aromatic heterocycles. The zero-order valence-electron chi connectivity index (χ0n) is 10.7. The van der Waals surface area contributed by atoms with Crippen LogP contribution in [-0.2, 0) is 9.59 Å². The van der Waals surface area contributed by atoms with Crippen molar-refractivity contribution in [3.8, 4) is 0 Å². The lowest BCUT2D eigenvalue weighted by molar-refractivity contribution is -0.148. The molecule has 0 bridgehead atoms. The van der Waals surface area contributed by atoms with Crippen LogP contribution >= 0.6 is 0 Å². The van der Waals surface area contributed by atoms with Crippen molar-refractivity contribution in [3.63, 3.8) is 0 Å². The van der Waals surface area contributed by atoms with E-state index >= 15 is 0 Å². The monoisotopic (exact) mass is 238 g/mol. The van der Waals surface area contributed by atoms with Crippen molar-refractivity contribution in [2.75, 3.05) is 6.54 Å². The molecule has 1 saturated carbocycles. The zero-order valence-corrected chi connectivity index (χ0v) is 10.7. The van der Waals surface area contributed by atoms with E-state index in [4.69, 9.17) is 0 Å². The summed E-state index contributed by atoms with van der Waals surface area (Å²) in [5.74, 6) is 0.614. The third-order valence-electron chi connectivity index (χ3n) is 4.27. The Balaban J connectivity index is 2.07. The Morgan fingerprint density at radius 2 is 1.88 bits per heavy atom. The van der Waals surface area contributed by atoms with Crippen LogP contribution in [0.15, 0.2) is 0 Å². The maximum absolute atomic E-state index is 11.9. The lowest BCUT2D eigenvalue weighted by Gasteiger charge is -2.41. The number of hydrogen-bond donors (Lipinski definition) is 1. The summed E-state index contributed by atoms with van der Waals surface area (Å²) in [4.78, 5) is 25.4. The van der Waals surface area contributed by atoms with Crippen LogP contribution in [0.3, 0.4) is 0 Å². The Hall–Kier alpha value is -1.06. The molecule has 2 amide bonds. The van der Waals surface area contributed by atoms with E-state index in [0.717, 1.165) is 0 Å². The number of nitrogens with one attached hydrogen (secondary N) is 1. The fraction of sp³-hybridized carbons (Fsp3) is 0.846. The molecular formula is C13H22N2O2. The first-order valence-electron chi connectivity index (χ1n) is 6.70. The minimum atomic E-state index is -0.312. The topological polar surface area (TPSA) is 49.4 Å². The second-order valence-electron chi connectivity index (χ2n) is 5.33. The van der Waals surface area contributed by atoms with Crippen molar-refractivity contribution in [3.05, 3.63) is 0 Å². The van der Waals surface area contributed by atoms with Crippen molar-refractivity contribution < 1.29 is 9.59 Å². The van der Waals surface area contributed by atoms with Gasteiger partial charge in [-0.05, 0) is 32.6 Å². The van der Waals surface area contributed by atoms with Gasteiger partial charge in [0.15, 0.2) is 0 Å². The highest BCUT2D eigenvalue weighted by Crippen LogP contribution is 2.30. The molecular weight excluding hydrogens is 216 g/mol. The predicted octanol–water partition coefficient (Wildman–Crippen LogP) is 1.30. The van der Waals surface area contributed by atoms with E-state index in [2.05, 4.69) is 12.2 Å². The van der Waals surface area contributed by atoms with Crippen molar-refractivity contribution in [2.24, 2.45) is 5.92 Å². The van der Waals surface area contributed by atoms with Crippen LogP contribution in [0.25, 0.3) is 0 Å². The standard InChI is InChI=1S/C13H22N2O2/c1-9(11-6-4-3-5-7-11)15-10(2)13(17)14-8-12(15)16/h9-11H,3-8H2,1-2H3,(H,14,17). The number of rotatable bonds is 2. The Labute approximate surface area is 103 Å². The Morgan fingerprint density at radius 3 is 2.53 bits per heavy atom. The number of amides is 2. The van der Waals surface area contributed by atoms with Crippen LogP contribution in [0.1, 0.15) is 46.0 Å². The van der Waals surface area contributed by atoms with E-state index < -0.39 is 0 Å². The molecule has 1 N–H and O–H groups in total. The molecule has 0 spiro atoms. The molecule has 0 radical (unpaired) electrons. The summed E-state index contributed by atoms with van der Waals surface area (Å²) >= 11 is 0. The summed E-state index contributed by atoms with van der Waals surface area (Å²) in [6, 6.07) is -0.114. The van der Waals surface area contributed by atoms with Gasteiger partial charge in [-0.1, -0.05) is 19.3 Å². The van der Waals surface area contributed by atoms with Crippen molar-refractivity contribution in [1.82, 2.24) is 10.2 Å². The van der Waals surface area contributed by atoms with Crippen LogP contribution in [0.2, 0.25) is 0 Å². The Morgan fingerprint density at radius 1 is 1.24 bits per heavy atom. The average Bonchev–Trinajstić information content (AvgIpc) is 2.35. The number of nitrogens with zero attached hydrogens (tertiary/aromatic N) is 1. The van der Waals surface area contributed by atoms with E-state index in [-0.39, 0.29) is 30.4 Å². The predicted molar refractivity (Wildman–Crippen MR) is 65.4 cm³/mol. The average molecular weight is 238 g/mol. The van der Waals surface area contributed by atoms with E-state index in [0.29, 0.717) is 5.92 Å². The lowest BCUT2D eigenvalue weighted by atomic mass is 9.83. The fourth-order valence-corrected chi connectivity index (χ4v) is 3.17. The molecule has 2 unspecified atom stereocenters. The molecule has 0 aromatic rings. The summed E-state index contributed by atoms with van der Waals surface area (Å²) in [5.41, 5.74) is 0. The number of carbonyl (C=O) groups is 2. The van der Waals surface area contributed by atoms with Crippen LogP contribution in [0, 0.1) is 5.92 Å². The molecule has 2 rings (SSSR count). The molecule has 1 aliphatic heterocycles. The van der Waals surface area contributed by atoms with E-state index in [1.165, 1.54) is 32.1 Å². The summed E-state index contributed by atoms with van der Waals surface area (Å²) < 4.78 is 0. The van der Waals surface area contributed by atoms with Crippen LogP contribution in [0.4, 0.5) is 0 Å². The van der Waals surface area contributed by atoms with E-state index in [1.807, 2.05) is 6.92 Å². The molecule has 96 valence electrons. The number of hydrogen-bond acceptors (Lipinski definition) is 2. The first-order valence-corrected chi connectivity index (χ1v) is 6.70. The van der Waals surface area contributed by atoms with Gasteiger partial charge in [-0.25, -0.2) is 0 Å². The van der Waals surface area contributed by atoms with Crippen LogP contribution in [0.5, 0.6) is 0 Å². The van der Waals surface area contributed by atoms with Crippen LogP contribution < -0.4 is 5.32 Å². The van der Waals surface area contributed by atoms with Gasteiger partial charge < -0.3 is 10.2 Å². The van der Waals surface area contributed by atoms with Gasteiger partial charge >= 0.3 is 0 Å². The van der Waals surface area contributed by atoms with Crippen molar-refractivity contribution >= 4 is 11.8 Å². The van der Waals surface area contributed by atoms with Gasteiger partial charge in [-0.2, -0.15) is 0 Å². The van der Waals surface area contributed by atoms with Gasteiger partial charge in [0, 0.05) is 6.04 Å². The van der Waals surface area contributed by atoms with Gasteiger partial charge in [0.1, 0.15) is 6.04 Å². The molecule has 2 fully saturated rings. The normalized spacial score (nSPS) is 29.1. The smallest absolute Gasteiger partial charge is 0.242 e. The molecule has 17 heavy (non-hydrogen) atoms. The van der Waals surface area contributed by atoms with Gasteiger partial charge in [0.05, 0.1) is 6.54 Å². The fourth-order valence-electron chi connectivity index (χ4n) is 3.17. The summed E-state index contributed by atoms with van der Waals surface area (Å²) in [6.45, 7) is 4.09. The van der Waals surface area contributed by atoms with E-state index in [1.54, 1.807) is 4.90 Å². The largest absolute Gasteiger partial charge is 0.345 e. The van der Waals surface area contributed by atoms with Crippen molar-refractivity contribution in [2.45, 2.75) is 58.0 Å². The lowest BCUT2D eigenvalue weighted by Crippen LogP contribution is -2.61. The summed E-state index contributed by atoms with van der Waals surface area (Å²) in [7, 11) is 0. The maximum atomic E-state index is 11.9. The molecule has 4 nitrogen and oxygen atoms in total. The highest BCUT2D eigenvalue weighted by molar-refractivity contribution is 5.94. The molecule has 1 saturated heterocycles. The molecule has 0 aromatic carbocycles.